The van der Waals surface area contributed by atoms with E-state index in [1.165, 1.54) is 0 Å². The largest absolute Gasteiger partial charge is 0.508 e. The van der Waals surface area contributed by atoms with Gasteiger partial charge in [0.05, 0.1) is 6.42 Å². The molecule has 0 saturated carbocycles. The van der Waals surface area contributed by atoms with E-state index < -0.39 is 0 Å². The zero-order valence-electron chi connectivity index (χ0n) is 11.3. The van der Waals surface area contributed by atoms with Gasteiger partial charge in [-0.15, -0.1) is 0 Å². The van der Waals surface area contributed by atoms with Crippen molar-refractivity contribution in [2.24, 2.45) is 0 Å². The molecule has 1 aromatic carbocycles. The summed E-state index contributed by atoms with van der Waals surface area (Å²) in [6.07, 6.45) is 1.77. The molecule has 0 radical (unpaired) electrons. The lowest BCUT2D eigenvalue weighted by Crippen LogP contribution is -2.53. The maximum atomic E-state index is 12.3. The molecule has 2 fully saturated rings. The topological polar surface area (TPSA) is 60.9 Å². The standard InChI is InChI=1S/C15H18N2O3/c18-13-3-1-2-11(8-13)9-15(20)16-6-7-17-12(10-16)4-5-14(17)19/h1-3,8,12,18H,4-7,9-10H2. The molecule has 1 aromatic rings. The Morgan fingerprint density at radius 1 is 1.35 bits per heavy atom. The van der Waals surface area contributed by atoms with Crippen LogP contribution in [0.4, 0.5) is 0 Å². The van der Waals surface area contributed by atoms with Crippen LogP contribution in [0, 0.1) is 0 Å². The van der Waals surface area contributed by atoms with Crippen LogP contribution >= 0.6 is 0 Å². The minimum absolute atomic E-state index is 0.0644. The predicted octanol–water partition coefficient (Wildman–Crippen LogP) is 0.768. The molecule has 0 spiro atoms. The van der Waals surface area contributed by atoms with Crippen molar-refractivity contribution in [1.29, 1.82) is 0 Å². The van der Waals surface area contributed by atoms with Crippen molar-refractivity contribution in [3.05, 3.63) is 29.8 Å². The molecule has 2 aliphatic rings. The molecule has 5 heteroatoms. The minimum atomic E-state index is 0.0644. The van der Waals surface area contributed by atoms with Gasteiger partial charge in [-0.2, -0.15) is 0 Å². The summed E-state index contributed by atoms with van der Waals surface area (Å²) in [7, 11) is 0. The summed E-state index contributed by atoms with van der Waals surface area (Å²) in [5.41, 5.74) is 0.819. The zero-order chi connectivity index (χ0) is 14.1. The Hall–Kier alpha value is -2.04. The highest BCUT2D eigenvalue weighted by atomic mass is 16.3. The first-order valence-electron chi connectivity index (χ1n) is 6.98. The van der Waals surface area contributed by atoms with Gasteiger partial charge in [0.1, 0.15) is 5.75 Å². The quantitative estimate of drug-likeness (QED) is 0.866. The van der Waals surface area contributed by atoms with Crippen molar-refractivity contribution in [2.45, 2.75) is 25.3 Å². The number of nitrogens with zero attached hydrogens (tertiary/aromatic N) is 2. The van der Waals surface area contributed by atoms with Gasteiger partial charge in [-0.05, 0) is 24.1 Å². The Balaban J connectivity index is 1.62. The van der Waals surface area contributed by atoms with E-state index in [1.54, 1.807) is 18.2 Å². The molecule has 2 amide bonds. The number of benzene rings is 1. The fraction of sp³-hybridized carbons (Fsp3) is 0.467. The number of phenols is 1. The summed E-state index contributed by atoms with van der Waals surface area (Å²) in [6.45, 7) is 1.90. The maximum Gasteiger partial charge on any atom is 0.227 e. The number of phenolic OH excluding ortho intramolecular Hbond substituents is 1. The molecule has 3 rings (SSSR count). The molecule has 2 heterocycles. The number of aromatic hydroxyl groups is 1. The second kappa shape index (κ2) is 5.15. The highest BCUT2D eigenvalue weighted by Gasteiger charge is 2.36. The number of rotatable bonds is 2. The Morgan fingerprint density at radius 3 is 3.00 bits per heavy atom. The summed E-state index contributed by atoms with van der Waals surface area (Å²) in [6, 6.07) is 6.99. The Morgan fingerprint density at radius 2 is 2.20 bits per heavy atom. The highest BCUT2D eigenvalue weighted by molar-refractivity contribution is 5.81. The molecule has 5 nitrogen and oxygen atoms in total. The summed E-state index contributed by atoms with van der Waals surface area (Å²) < 4.78 is 0. The van der Waals surface area contributed by atoms with Crippen LogP contribution in [-0.4, -0.2) is 52.4 Å². The summed E-state index contributed by atoms with van der Waals surface area (Å²) in [5.74, 6) is 0.464. The molecule has 0 aliphatic carbocycles. The molecule has 1 N–H and O–H groups in total. The first-order chi connectivity index (χ1) is 9.63. The Bertz CT molecular complexity index is 544. The van der Waals surface area contributed by atoms with E-state index >= 15 is 0 Å². The van der Waals surface area contributed by atoms with E-state index in [4.69, 9.17) is 0 Å². The third-order valence-electron chi connectivity index (χ3n) is 4.11. The lowest BCUT2D eigenvalue weighted by Gasteiger charge is -2.37. The molecular weight excluding hydrogens is 256 g/mol. The number of fused-ring (bicyclic) bond motifs is 1. The van der Waals surface area contributed by atoms with Crippen LogP contribution in [0.5, 0.6) is 5.75 Å². The fourth-order valence-corrected chi connectivity index (χ4v) is 3.04. The van der Waals surface area contributed by atoms with E-state index in [1.807, 2.05) is 15.9 Å². The molecule has 106 valence electrons. The van der Waals surface area contributed by atoms with Crippen LogP contribution in [0.25, 0.3) is 0 Å². The van der Waals surface area contributed by atoms with Crippen molar-refractivity contribution < 1.29 is 14.7 Å². The van der Waals surface area contributed by atoms with E-state index in [-0.39, 0.29) is 23.6 Å². The van der Waals surface area contributed by atoms with Crippen molar-refractivity contribution >= 4 is 11.8 Å². The van der Waals surface area contributed by atoms with Crippen LogP contribution < -0.4 is 0 Å². The summed E-state index contributed by atoms with van der Waals surface area (Å²) >= 11 is 0. The van der Waals surface area contributed by atoms with Crippen LogP contribution in [0.15, 0.2) is 24.3 Å². The van der Waals surface area contributed by atoms with Crippen LogP contribution in [0.2, 0.25) is 0 Å². The number of carbonyl (C=O) groups excluding carboxylic acids is 2. The zero-order valence-corrected chi connectivity index (χ0v) is 11.3. The molecule has 1 atom stereocenters. The van der Waals surface area contributed by atoms with Gasteiger partial charge in [0.2, 0.25) is 11.8 Å². The Labute approximate surface area is 117 Å². The van der Waals surface area contributed by atoms with Gasteiger partial charge in [0, 0.05) is 32.1 Å². The maximum absolute atomic E-state index is 12.3. The second-order valence-electron chi connectivity index (χ2n) is 5.47. The first kappa shape index (κ1) is 13.0. The van der Waals surface area contributed by atoms with Gasteiger partial charge in [-0.3, -0.25) is 9.59 Å². The van der Waals surface area contributed by atoms with Gasteiger partial charge < -0.3 is 14.9 Å². The normalized spacial score (nSPS) is 22.0. The van der Waals surface area contributed by atoms with Gasteiger partial charge in [-0.25, -0.2) is 0 Å². The van der Waals surface area contributed by atoms with Gasteiger partial charge in [0.15, 0.2) is 0 Å². The fourth-order valence-electron chi connectivity index (χ4n) is 3.04. The number of hydrogen-bond donors (Lipinski definition) is 1. The molecule has 1 unspecified atom stereocenters. The van der Waals surface area contributed by atoms with Crippen molar-refractivity contribution in [2.75, 3.05) is 19.6 Å². The van der Waals surface area contributed by atoms with Crippen LogP contribution in [-0.2, 0) is 16.0 Å². The van der Waals surface area contributed by atoms with Gasteiger partial charge in [-0.1, -0.05) is 12.1 Å². The van der Waals surface area contributed by atoms with E-state index in [2.05, 4.69) is 0 Å². The van der Waals surface area contributed by atoms with Gasteiger partial charge >= 0.3 is 0 Å². The van der Waals surface area contributed by atoms with Crippen molar-refractivity contribution in [3.8, 4) is 5.75 Å². The molecule has 2 aliphatic heterocycles. The number of carbonyl (C=O) groups is 2. The molecule has 0 bridgehead atoms. The average Bonchev–Trinajstić information content (AvgIpc) is 2.80. The van der Waals surface area contributed by atoms with Crippen molar-refractivity contribution in [3.63, 3.8) is 0 Å². The smallest absolute Gasteiger partial charge is 0.227 e. The minimum Gasteiger partial charge on any atom is -0.508 e. The number of amides is 2. The molecule has 20 heavy (non-hydrogen) atoms. The SMILES string of the molecule is O=C(Cc1cccc(O)c1)N1CCN2C(=O)CCC2C1. The third kappa shape index (κ3) is 2.48. The molecule has 2 saturated heterocycles. The second-order valence-corrected chi connectivity index (χ2v) is 5.47. The average molecular weight is 274 g/mol. The van der Waals surface area contributed by atoms with E-state index in [0.717, 1.165) is 12.0 Å². The summed E-state index contributed by atoms with van der Waals surface area (Å²) in [4.78, 5) is 27.6. The number of piperazine rings is 1. The van der Waals surface area contributed by atoms with E-state index in [9.17, 15) is 14.7 Å². The molecular formula is C15H18N2O3. The Kier molecular flexibility index (Phi) is 3.34. The third-order valence-corrected chi connectivity index (χ3v) is 4.11. The lowest BCUT2D eigenvalue weighted by molar-refractivity contribution is -0.138. The summed E-state index contributed by atoms with van der Waals surface area (Å²) in [5, 5.41) is 9.42. The van der Waals surface area contributed by atoms with E-state index in [0.29, 0.717) is 32.5 Å². The van der Waals surface area contributed by atoms with Crippen molar-refractivity contribution in [1.82, 2.24) is 9.80 Å². The monoisotopic (exact) mass is 274 g/mol. The number of hydrogen-bond acceptors (Lipinski definition) is 3. The highest BCUT2D eigenvalue weighted by Crippen LogP contribution is 2.23. The first-order valence-corrected chi connectivity index (χ1v) is 6.98. The lowest BCUT2D eigenvalue weighted by atomic mass is 10.1. The van der Waals surface area contributed by atoms with Gasteiger partial charge in [0.25, 0.3) is 0 Å². The van der Waals surface area contributed by atoms with Crippen LogP contribution in [0.3, 0.4) is 0 Å². The van der Waals surface area contributed by atoms with Crippen LogP contribution in [0.1, 0.15) is 18.4 Å². The molecule has 0 aromatic heterocycles. The predicted molar refractivity (Wildman–Crippen MR) is 73.1 cm³/mol.